The van der Waals surface area contributed by atoms with Gasteiger partial charge in [-0.1, -0.05) is 18.2 Å². The molecule has 1 N–H and O–H groups in total. The number of nitrogens with one attached hydrogen (secondary N) is 1. The van der Waals surface area contributed by atoms with Crippen LogP contribution < -0.4 is 5.32 Å². The molecule has 0 aromatic heterocycles. The molecule has 0 radical (unpaired) electrons. The van der Waals surface area contributed by atoms with Gasteiger partial charge in [-0.05, 0) is 49.2 Å². The van der Waals surface area contributed by atoms with E-state index >= 15 is 0 Å². The summed E-state index contributed by atoms with van der Waals surface area (Å²) in [5.74, 6) is -0.215. The third-order valence-corrected chi connectivity index (χ3v) is 3.47. The molecule has 2 aromatic rings. The molecule has 0 spiro atoms. The highest BCUT2D eigenvalue weighted by molar-refractivity contribution is 6.04. The Kier molecular flexibility index (Phi) is 4.89. The molecule has 2 aromatic carbocycles. The van der Waals surface area contributed by atoms with Crippen molar-refractivity contribution in [1.29, 1.82) is 0 Å². The molecular formula is C18H16F3NO. The van der Waals surface area contributed by atoms with Gasteiger partial charge in [-0.25, -0.2) is 0 Å². The van der Waals surface area contributed by atoms with E-state index in [0.717, 1.165) is 23.3 Å². The minimum Gasteiger partial charge on any atom is -0.362 e. The summed E-state index contributed by atoms with van der Waals surface area (Å²) in [6.45, 7) is 3.87. The maximum absolute atomic E-state index is 12.6. The van der Waals surface area contributed by atoms with Crippen molar-refractivity contribution < 1.29 is 18.0 Å². The lowest BCUT2D eigenvalue weighted by Crippen LogP contribution is -2.05. The van der Waals surface area contributed by atoms with Gasteiger partial charge in [-0.3, -0.25) is 4.79 Å². The average molecular weight is 319 g/mol. The molecule has 0 aliphatic rings. The topological polar surface area (TPSA) is 29.1 Å². The fraction of sp³-hybridized carbons (Fsp3) is 0.167. The average Bonchev–Trinajstić information content (AvgIpc) is 2.49. The maximum Gasteiger partial charge on any atom is 0.416 e. The fourth-order valence-corrected chi connectivity index (χ4v) is 1.99. The predicted octanol–water partition coefficient (Wildman–Crippen LogP) is 5.13. The summed E-state index contributed by atoms with van der Waals surface area (Å²) in [4.78, 5) is 12.0. The SMILES string of the molecule is Cc1ccc(C(=O)C=CNc2cccc(C(F)(F)F)c2)cc1C. The number of halogens is 3. The Hall–Kier alpha value is -2.56. The Morgan fingerprint density at radius 2 is 1.78 bits per heavy atom. The number of ketones is 1. The van der Waals surface area contributed by atoms with Crippen molar-refractivity contribution in [1.82, 2.24) is 0 Å². The number of aryl methyl sites for hydroxylation is 2. The first-order chi connectivity index (χ1) is 10.8. The lowest BCUT2D eigenvalue weighted by atomic mass is 10.0. The number of carbonyl (C=O) groups excluding carboxylic acids is 1. The number of carbonyl (C=O) groups is 1. The van der Waals surface area contributed by atoms with Crippen LogP contribution in [0.15, 0.2) is 54.7 Å². The van der Waals surface area contributed by atoms with E-state index in [1.165, 1.54) is 24.4 Å². The molecule has 23 heavy (non-hydrogen) atoms. The number of anilines is 1. The number of hydrogen-bond donors (Lipinski definition) is 1. The Bertz CT molecular complexity index is 748. The maximum atomic E-state index is 12.6. The lowest BCUT2D eigenvalue weighted by Gasteiger charge is -2.08. The van der Waals surface area contributed by atoms with Gasteiger partial charge in [0.1, 0.15) is 0 Å². The second-order valence-corrected chi connectivity index (χ2v) is 5.22. The second-order valence-electron chi connectivity index (χ2n) is 5.22. The van der Waals surface area contributed by atoms with Gasteiger partial charge in [0, 0.05) is 23.5 Å². The van der Waals surface area contributed by atoms with Crippen LogP contribution in [0.25, 0.3) is 0 Å². The van der Waals surface area contributed by atoms with Gasteiger partial charge in [0.2, 0.25) is 0 Å². The largest absolute Gasteiger partial charge is 0.416 e. The molecule has 0 amide bonds. The number of alkyl halides is 3. The summed E-state index contributed by atoms with van der Waals surface area (Å²) >= 11 is 0. The summed E-state index contributed by atoms with van der Waals surface area (Å²) < 4.78 is 37.8. The van der Waals surface area contributed by atoms with E-state index in [2.05, 4.69) is 5.32 Å². The monoisotopic (exact) mass is 319 g/mol. The molecule has 2 rings (SSSR count). The summed E-state index contributed by atoms with van der Waals surface area (Å²) in [6.07, 6.45) is -1.76. The number of hydrogen-bond acceptors (Lipinski definition) is 2. The van der Waals surface area contributed by atoms with Gasteiger partial charge < -0.3 is 5.32 Å². The van der Waals surface area contributed by atoms with Crippen LogP contribution in [0.4, 0.5) is 18.9 Å². The van der Waals surface area contributed by atoms with E-state index in [-0.39, 0.29) is 11.5 Å². The summed E-state index contributed by atoms with van der Waals surface area (Å²) in [6, 6.07) is 10.2. The zero-order chi connectivity index (χ0) is 17.0. The van der Waals surface area contributed by atoms with E-state index in [0.29, 0.717) is 5.56 Å². The van der Waals surface area contributed by atoms with E-state index in [9.17, 15) is 18.0 Å². The molecule has 0 bridgehead atoms. The molecule has 0 unspecified atom stereocenters. The van der Waals surface area contributed by atoms with Crippen molar-refractivity contribution in [3.63, 3.8) is 0 Å². The molecule has 0 saturated heterocycles. The Morgan fingerprint density at radius 3 is 2.43 bits per heavy atom. The van der Waals surface area contributed by atoms with Crippen LogP contribution in [0.3, 0.4) is 0 Å². The highest BCUT2D eigenvalue weighted by Gasteiger charge is 2.30. The standard InChI is InChI=1S/C18H16F3NO/c1-12-6-7-14(10-13(12)2)17(23)8-9-22-16-5-3-4-15(11-16)18(19,20)21/h3-11,22H,1-2H3. The summed E-state index contributed by atoms with van der Waals surface area (Å²) in [7, 11) is 0. The van der Waals surface area contributed by atoms with Gasteiger partial charge in [-0.15, -0.1) is 0 Å². The Labute approximate surface area is 132 Å². The molecule has 0 aliphatic carbocycles. The first-order valence-corrected chi connectivity index (χ1v) is 6.99. The highest BCUT2D eigenvalue weighted by Crippen LogP contribution is 2.30. The molecule has 0 atom stereocenters. The van der Waals surface area contributed by atoms with Crippen LogP contribution in [0.5, 0.6) is 0 Å². The highest BCUT2D eigenvalue weighted by atomic mass is 19.4. The van der Waals surface area contributed by atoms with Crippen molar-refractivity contribution in [3.8, 4) is 0 Å². The second kappa shape index (κ2) is 6.69. The Balaban J connectivity index is 2.06. The van der Waals surface area contributed by atoms with E-state index in [4.69, 9.17) is 0 Å². The third kappa shape index (κ3) is 4.45. The van der Waals surface area contributed by atoms with Gasteiger partial charge in [0.25, 0.3) is 0 Å². The summed E-state index contributed by atoms with van der Waals surface area (Å²) in [5, 5.41) is 2.68. The van der Waals surface area contributed by atoms with Crippen LogP contribution in [-0.4, -0.2) is 5.78 Å². The smallest absolute Gasteiger partial charge is 0.362 e. The van der Waals surface area contributed by atoms with E-state index in [1.807, 2.05) is 19.9 Å². The van der Waals surface area contributed by atoms with Crippen LogP contribution in [0, 0.1) is 13.8 Å². The molecule has 2 nitrogen and oxygen atoms in total. The van der Waals surface area contributed by atoms with Crippen molar-refractivity contribution in [2.75, 3.05) is 5.32 Å². The fourth-order valence-electron chi connectivity index (χ4n) is 1.99. The predicted molar refractivity (Wildman–Crippen MR) is 84.5 cm³/mol. The minimum atomic E-state index is -4.39. The lowest BCUT2D eigenvalue weighted by molar-refractivity contribution is -0.137. The molecule has 0 aliphatic heterocycles. The minimum absolute atomic E-state index is 0.215. The summed E-state index contributed by atoms with van der Waals surface area (Å²) in [5.41, 5.74) is 2.17. The molecule has 0 fully saturated rings. The van der Waals surface area contributed by atoms with Gasteiger partial charge in [0.05, 0.1) is 5.56 Å². The molecule has 5 heteroatoms. The molecular weight excluding hydrogens is 303 g/mol. The first-order valence-electron chi connectivity index (χ1n) is 6.99. The van der Waals surface area contributed by atoms with Crippen LogP contribution in [0.2, 0.25) is 0 Å². The normalized spacial score (nSPS) is 11.7. The quantitative estimate of drug-likeness (QED) is 0.625. The number of rotatable bonds is 4. The Morgan fingerprint density at radius 1 is 1.04 bits per heavy atom. The van der Waals surface area contributed by atoms with Crippen molar-refractivity contribution in [2.24, 2.45) is 0 Å². The van der Waals surface area contributed by atoms with Gasteiger partial charge in [-0.2, -0.15) is 13.2 Å². The van der Waals surface area contributed by atoms with Crippen molar-refractivity contribution >= 4 is 11.5 Å². The number of allylic oxidation sites excluding steroid dienone is 1. The van der Waals surface area contributed by atoms with Crippen molar-refractivity contribution in [2.45, 2.75) is 20.0 Å². The zero-order valence-corrected chi connectivity index (χ0v) is 12.7. The molecule has 0 saturated carbocycles. The van der Waals surface area contributed by atoms with Crippen molar-refractivity contribution in [3.05, 3.63) is 77.0 Å². The molecule has 120 valence electrons. The van der Waals surface area contributed by atoms with Crippen LogP contribution in [0.1, 0.15) is 27.0 Å². The van der Waals surface area contributed by atoms with Crippen LogP contribution in [-0.2, 0) is 6.18 Å². The van der Waals surface area contributed by atoms with Crippen LogP contribution >= 0.6 is 0 Å². The van der Waals surface area contributed by atoms with E-state index in [1.54, 1.807) is 12.1 Å². The third-order valence-electron chi connectivity index (χ3n) is 3.47. The first kappa shape index (κ1) is 16.8. The number of benzene rings is 2. The zero-order valence-electron chi connectivity index (χ0n) is 12.7. The van der Waals surface area contributed by atoms with Gasteiger partial charge in [0.15, 0.2) is 5.78 Å². The molecule has 0 heterocycles. The van der Waals surface area contributed by atoms with Gasteiger partial charge >= 0.3 is 6.18 Å². The van der Waals surface area contributed by atoms with E-state index < -0.39 is 11.7 Å².